The number of furan rings is 1. The lowest BCUT2D eigenvalue weighted by Gasteiger charge is -2.08. The first-order chi connectivity index (χ1) is 9.17. The Morgan fingerprint density at radius 2 is 1.89 bits per heavy atom. The van der Waals surface area contributed by atoms with Crippen molar-refractivity contribution in [2.45, 2.75) is 0 Å². The minimum atomic E-state index is -0.781. The van der Waals surface area contributed by atoms with Crippen LogP contribution in [0.15, 0.2) is 32.0 Å². The quantitative estimate of drug-likeness (QED) is 0.713. The van der Waals surface area contributed by atoms with E-state index in [-0.39, 0.29) is 22.8 Å². The third-order valence-electron chi connectivity index (χ3n) is 2.91. The van der Waals surface area contributed by atoms with Crippen LogP contribution in [0.3, 0.4) is 0 Å². The summed E-state index contributed by atoms with van der Waals surface area (Å²) in [6, 6.07) is 3.35. The van der Waals surface area contributed by atoms with Gasteiger partial charge in [-0.1, -0.05) is 0 Å². The summed E-state index contributed by atoms with van der Waals surface area (Å²) in [5, 5.41) is 11.1. The number of aromatic hydroxyl groups is 1. The number of hydrogen-bond acceptors (Lipinski definition) is 6. The molecule has 6 nitrogen and oxygen atoms in total. The fourth-order valence-corrected chi connectivity index (χ4v) is 2.06. The van der Waals surface area contributed by atoms with E-state index in [1.54, 1.807) is 12.1 Å². The number of hydrogen-bond donors (Lipinski definition) is 1. The standard InChI is InChI=1S/C13H10O6/c1-16-11-8(14)7-5-6-3-4-18-9(6)12(17-2)10(7)19-13(11)15/h3-5,14H,1-2H3. The molecule has 0 unspecified atom stereocenters. The van der Waals surface area contributed by atoms with Crippen molar-refractivity contribution in [3.05, 3.63) is 28.8 Å². The van der Waals surface area contributed by atoms with Crippen molar-refractivity contribution < 1.29 is 23.4 Å². The normalized spacial score (nSPS) is 11.1. The van der Waals surface area contributed by atoms with Crippen LogP contribution in [-0.2, 0) is 0 Å². The molecule has 0 aliphatic carbocycles. The molecule has 3 rings (SSSR count). The Kier molecular flexibility index (Phi) is 2.38. The molecule has 1 N–H and O–H groups in total. The smallest absolute Gasteiger partial charge is 0.383 e. The zero-order chi connectivity index (χ0) is 13.6. The molecule has 0 radical (unpaired) electrons. The lowest BCUT2D eigenvalue weighted by atomic mass is 10.1. The molecule has 1 aromatic carbocycles. The fraction of sp³-hybridized carbons (Fsp3) is 0.154. The van der Waals surface area contributed by atoms with Crippen molar-refractivity contribution >= 4 is 21.9 Å². The van der Waals surface area contributed by atoms with Gasteiger partial charge in [0.1, 0.15) is 0 Å². The first-order valence-electron chi connectivity index (χ1n) is 5.45. The number of methoxy groups -OCH3 is 2. The fourth-order valence-electron chi connectivity index (χ4n) is 2.06. The molecule has 0 aliphatic rings. The van der Waals surface area contributed by atoms with Gasteiger partial charge in [-0.3, -0.25) is 0 Å². The number of benzene rings is 1. The summed E-state index contributed by atoms with van der Waals surface area (Å²) in [7, 11) is 2.71. The SMILES string of the molecule is COc1c(O)c2cc3ccoc3c(OC)c2oc1=O. The zero-order valence-corrected chi connectivity index (χ0v) is 10.2. The molecule has 2 heterocycles. The van der Waals surface area contributed by atoms with E-state index in [1.807, 2.05) is 0 Å². The Bertz CT molecular complexity index is 826. The molecular formula is C13H10O6. The maximum atomic E-state index is 11.7. The first kappa shape index (κ1) is 11.5. The minimum Gasteiger partial charge on any atom is -0.504 e. The molecule has 0 bridgehead atoms. The molecule has 19 heavy (non-hydrogen) atoms. The Morgan fingerprint density at radius 1 is 1.16 bits per heavy atom. The molecule has 0 saturated carbocycles. The number of rotatable bonds is 2. The van der Waals surface area contributed by atoms with Gasteiger partial charge < -0.3 is 23.4 Å². The van der Waals surface area contributed by atoms with Crippen molar-refractivity contribution in [2.24, 2.45) is 0 Å². The molecule has 3 aromatic rings. The van der Waals surface area contributed by atoms with Crippen LogP contribution in [0.4, 0.5) is 0 Å². The zero-order valence-electron chi connectivity index (χ0n) is 10.2. The van der Waals surface area contributed by atoms with Crippen molar-refractivity contribution in [3.63, 3.8) is 0 Å². The highest BCUT2D eigenvalue weighted by atomic mass is 16.5. The Labute approximate surface area is 106 Å². The van der Waals surface area contributed by atoms with E-state index in [0.29, 0.717) is 11.0 Å². The van der Waals surface area contributed by atoms with Crippen LogP contribution in [0, 0.1) is 0 Å². The summed E-state index contributed by atoms with van der Waals surface area (Å²) in [5.74, 6) is -0.264. The van der Waals surface area contributed by atoms with Crippen LogP contribution in [0.5, 0.6) is 17.2 Å². The lowest BCUT2D eigenvalue weighted by molar-refractivity contribution is 0.347. The van der Waals surface area contributed by atoms with Crippen LogP contribution in [0.25, 0.3) is 21.9 Å². The second kappa shape index (κ2) is 3.94. The Morgan fingerprint density at radius 3 is 2.58 bits per heavy atom. The molecule has 0 saturated heterocycles. The van der Waals surface area contributed by atoms with Gasteiger partial charge in [0.15, 0.2) is 16.9 Å². The van der Waals surface area contributed by atoms with Crippen LogP contribution >= 0.6 is 0 Å². The summed E-state index contributed by atoms with van der Waals surface area (Å²) in [6.07, 6.45) is 1.48. The summed E-state index contributed by atoms with van der Waals surface area (Å²) in [6.45, 7) is 0. The van der Waals surface area contributed by atoms with E-state index >= 15 is 0 Å². The van der Waals surface area contributed by atoms with Gasteiger partial charge in [-0.2, -0.15) is 0 Å². The third-order valence-corrected chi connectivity index (χ3v) is 2.91. The van der Waals surface area contributed by atoms with Gasteiger partial charge in [0, 0.05) is 5.39 Å². The van der Waals surface area contributed by atoms with Crippen LogP contribution in [0.2, 0.25) is 0 Å². The van der Waals surface area contributed by atoms with E-state index < -0.39 is 5.63 Å². The molecule has 0 atom stereocenters. The highest BCUT2D eigenvalue weighted by Crippen LogP contribution is 2.40. The average Bonchev–Trinajstić information content (AvgIpc) is 2.85. The van der Waals surface area contributed by atoms with Crippen LogP contribution in [0.1, 0.15) is 0 Å². The summed E-state index contributed by atoms with van der Waals surface area (Å²) < 4.78 is 20.5. The summed E-state index contributed by atoms with van der Waals surface area (Å²) in [4.78, 5) is 11.7. The molecule has 0 amide bonds. The molecule has 0 fully saturated rings. The number of fused-ring (bicyclic) bond motifs is 2. The Balaban J connectivity index is 2.58. The van der Waals surface area contributed by atoms with Crippen molar-refractivity contribution in [1.82, 2.24) is 0 Å². The predicted octanol–water partition coefficient (Wildman–Crippen LogP) is 2.26. The van der Waals surface area contributed by atoms with Crippen LogP contribution in [-0.4, -0.2) is 19.3 Å². The minimum absolute atomic E-state index is 0.119. The molecular weight excluding hydrogens is 252 g/mol. The summed E-state index contributed by atoms with van der Waals surface area (Å²) >= 11 is 0. The second-order valence-electron chi connectivity index (χ2n) is 3.90. The van der Waals surface area contributed by atoms with Gasteiger partial charge in [-0.05, 0) is 12.1 Å². The lowest BCUT2D eigenvalue weighted by Crippen LogP contribution is -2.04. The first-order valence-corrected chi connectivity index (χ1v) is 5.45. The van der Waals surface area contributed by atoms with Gasteiger partial charge in [-0.25, -0.2) is 4.79 Å². The van der Waals surface area contributed by atoms with Crippen molar-refractivity contribution in [3.8, 4) is 17.2 Å². The molecule has 0 aliphatic heterocycles. The van der Waals surface area contributed by atoms with E-state index in [1.165, 1.54) is 20.5 Å². The highest BCUT2D eigenvalue weighted by molar-refractivity contribution is 6.02. The summed E-state index contributed by atoms with van der Waals surface area (Å²) in [5.41, 5.74) is -0.215. The van der Waals surface area contributed by atoms with Gasteiger partial charge in [-0.15, -0.1) is 0 Å². The molecule has 2 aromatic heterocycles. The molecule has 6 heteroatoms. The topological polar surface area (TPSA) is 82.0 Å². The van der Waals surface area contributed by atoms with Crippen molar-refractivity contribution in [2.75, 3.05) is 14.2 Å². The van der Waals surface area contributed by atoms with E-state index in [9.17, 15) is 9.90 Å². The van der Waals surface area contributed by atoms with Crippen molar-refractivity contribution in [1.29, 1.82) is 0 Å². The maximum Gasteiger partial charge on any atom is 0.383 e. The van der Waals surface area contributed by atoms with E-state index in [0.717, 1.165) is 5.39 Å². The largest absolute Gasteiger partial charge is 0.504 e. The van der Waals surface area contributed by atoms with E-state index in [2.05, 4.69) is 0 Å². The van der Waals surface area contributed by atoms with E-state index in [4.69, 9.17) is 18.3 Å². The van der Waals surface area contributed by atoms with Crippen LogP contribution < -0.4 is 15.1 Å². The number of ether oxygens (including phenoxy) is 2. The average molecular weight is 262 g/mol. The second-order valence-corrected chi connectivity index (χ2v) is 3.90. The van der Waals surface area contributed by atoms with Gasteiger partial charge in [0.05, 0.1) is 25.9 Å². The predicted molar refractivity (Wildman–Crippen MR) is 67.0 cm³/mol. The molecule has 0 spiro atoms. The third kappa shape index (κ3) is 1.46. The van der Waals surface area contributed by atoms with Gasteiger partial charge in [0.2, 0.25) is 11.5 Å². The molecule has 98 valence electrons. The van der Waals surface area contributed by atoms with Gasteiger partial charge in [0.25, 0.3) is 0 Å². The Hall–Kier alpha value is -2.63. The monoisotopic (exact) mass is 262 g/mol. The van der Waals surface area contributed by atoms with Gasteiger partial charge >= 0.3 is 5.63 Å². The highest BCUT2D eigenvalue weighted by Gasteiger charge is 2.20. The maximum absolute atomic E-state index is 11.7.